The summed E-state index contributed by atoms with van der Waals surface area (Å²) in [6, 6.07) is 6.21. The normalized spacial score (nSPS) is 18.2. The maximum atomic E-state index is 12.0. The van der Waals surface area contributed by atoms with Gasteiger partial charge in [-0.25, -0.2) is 0 Å². The van der Waals surface area contributed by atoms with Gasteiger partial charge in [-0.2, -0.15) is 0 Å². The first-order chi connectivity index (χ1) is 9.06. The number of carbonyl (C=O) groups excluding carboxylic acids is 1. The van der Waals surface area contributed by atoms with Gasteiger partial charge in [-0.15, -0.1) is 0 Å². The lowest BCUT2D eigenvalue weighted by molar-refractivity contribution is -0.122. The largest absolute Gasteiger partial charge is 0.399 e. The lowest BCUT2D eigenvalue weighted by atomic mass is 9.87. The van der Waals surface area contributed by atoms with Crippen LogP contribution in [0.15, 0.2) is 18.2 Å². The number of nitrogens with one attached hydrogen (secondary N) is 1. The summed E-state index contributed by atoms with van der Waals surface area (Å²) < 4.78 is 0. The molecule has 3 heteroatoms. The molecule has 0 aromatic heterocycles. The molecule has 0 heterocycles. The van der Waals surface area contributed by atoms with Gasteiger partial charge in [0.2, 0.25) is 5.91 Å². The van der Waals surface area contributed by atoms with E-state index in [9.17, 15) is 4.79 Å². The van der Waals surface area contributed by atoms with Gasteiger partial charge in [0.15, 0.2) is 0 Å². The minimum absolute atomic E-state index is 0.170. The van der Waals surface area contributed by atoms with Crippen molar-refractivity contribution in [3.8, 4) is 0 Å². The zero-order valence-corrected chi connectivity index (χ0v) is 11.9. The van der Waals surface area contributed by atoms with Gasteiger partial charge in [0.1, 0.15) is 0 Å². The fourth-order valence-corrected chi connectivity index (χ4v) is 2.67. The van der Waals surface area contributed by atoms with Gasteiger partial charge < -0.3 is 11.1 Å². The number of carbonyl (C=O) groups is 1. The van der Waals surface area contributed by atoms with Crippen molar-refractivity contribution in [1.29, 1.82) is 0 Å². The average molecular weight is 260 g/mol. The molecule has 3 N–H and O–H groups in total. The zero-order chi connectivity index (χ0) is 13.8. The molecule has 1 atom stereocenters. The molecule has 1 aromatic carbocycles. The van der Waals surface area contributed by atoms with Crippen molar-refractivity contribution < 1.29 is 4.79 Å². The van der Waals surface area contributed by atoms with Crippen LogP contribution >= 0.6 is 0 Å². The van der Waals surface area contributed by atoms with Gasteiger partial charge in [0, 0.05) is 12.1 Å². The van der Waals surface area contributed by atoms with Crippen LogP contribution in [0.3, 0.4) is 0 Å². The number of anilines is 1. The molecule has 0 saturated carbocycles. The predicted molar refractivity (Wildman–Crippen MR) is 78.7 cm³/mol. The van der Waals surface area contributed by atoms with Crippen LogP contribution in [0.1, 0.15) is 56.7 Å². The van der Waals surface area contributed by atoms with E-state index in [4.69, 9.17) is 5.73 Å². The molecule has 1 unspecified atom stereocenters. The first-order valence-corrected chi connectivity index (χ1v) is 7.24. The summed E-state index contributed by atoms with van der Waals surface area (Å²) in [5.41, 5.74) is 9.17. The van der Waals surface area contributed by atoms with Gasteiger partial charge in [-0.05, 0) is 54.9 Å². The van der Waals surface area contributed by atoms with Gasteiger partial charge in [-0.3, -0.25) is 4.79 Å². The lowest BCUT2D eigenvalue weighted by Crippen LogP contribution is -2.31. The smallest absolute Gasteiger partial charge is 0.220 e. The second-order valence-corrected chi connectivity index (χ2v) is 5.90. The molecule has 2 rings (SSSR count). The third kappa shape index (κ3) is 3.72. The molecule has 0 aliphatic heterocycles. The van der Waals surface area contributed by atoms with E-state index in [1.807, 2.05) is 12.1 Å². The number of nitrogen functional groups attached to an aromatic ring is 1. The Labute approximate surface area is 115 Å². The molecule has 104 valence electrons. The van der Waals surface area contributed by atoms with Crippen molar-refractivity contribution in [1.82, 2.24) is 5.32 Å². The van der Waals surface area contributed by atoms with Gasteiger partial charge in [-0.1, -0.05) is 19.9 Å². The Hall–Kier alpha value is -1.51. The highest BCUT2D eigenvalue weighted by Crippen LogP contribution is 2.31. The summed E-state index contributed by atoms with van der Waals surface area (Å²) in [5, 5.41) is 3.17. The van der Waals surface area contributed by atoms with Crippen LogP contribution in [0.2, 0.25) is 0 Å². The molecule has 1 aliphatic carbocycles. The third-order valence-corrected chi connectivity index (χ3v) is 3.77. The van der Waals surface area contributed by atoms with Crippen LogP contribution in [0, 0.1) is 5.92 Å². The molecule has 1 aromatic rings. The first kappa shape index (κ1) is 13.9. The van der Waals surface area contributed by atoms with E-state index in [0.717, 1.165) is 31.4 Å². The summed E-state index contributed by atoms with van der Waals surface area (Å²) >= 11 is 0. The number of rotatable bonds is 4. The minimum atomic E-state index is 0.170. The maximum absolute atomic E-state index is 12.0. The van der Waals surface area contributed by atoms with Crippen molar-refractivity contribution in [2.24, 2.45) is 5.92 Å². The summed E-state index contributed by atoms with van der Waals surface area (Å²) in [7, 11) is 0. The van der Waals surface area contributed by atoms with Crippen LogP contribution < -0.4 is 11.1 Å². The van der Waals surface area contributed by atoms with E-state index in [-0.39, 0.29) is 11.9 Å². The van der Waals surface area contributed by atoms with E-state index >= 15 is 0 Å². The number of aryl methyl sites for hydroxylation is 1. The van der Waals surface area contributed by atoms with E-state index in [1.54, 1.807) is 0 Å². The van der Waals surface area contributed by atoms with E-state index in [1.165, 1.54) is 11.1 Å². The summed E-state index contributed by atoms with van der Waals surface area (Å²) in [4.78, 5) is 12.0. The zero-order valence-electron chi connectivity index (χ0n) is 11.9. The second-order valence-electron chi connectivity index (χ2n) is 5.90. The topological polar surface area (TPSA) is 55.1 Å². The summed E-state index contributed by atoms with van der Waals surface area (Å²) in [5.74, 6) is 0.743. The highest BCUT2D eigenvalue weighted by atomic mass is 16.1. The summed E-state index contributed by atoms with van der Waals surface area (Å²) in [6.07, 6.45) is 4.79. The Morgan fingerprint density at radius 3 is 3.00 bits per heavy atom. The number of fused-ring (bicyclic) bond motifs is 1. The molecular weight excluding hydrogens is 236 g/mol. The fourth-order valence-electron chi connectivity index (χ4n) is 2.67. The highest BCUT2D eigenvalue weighted by Gasteiger charge is 2.21. The van der Waals surface area contributed by atoms with Crippen molar-refractivity contribution in [2.45, 2.75) is 52.0 Å². The van der Waals surface area contributed by atoms with Gasteiger partial charge >= 0.3 is 0 Å². The Bertz CT molecular complexity index is 454. The maximum Gasteiger partial charge on any atom is 0.220 e. The lowest BCUT2D eigenvalue weighted by Gasteiger charge is -2.26. The third-order valence-electron chi connectivity index (χ3n) is 3.77. The SMILES string of the molecule is CC(C)CCC(=O)NC1CCCc2cc(N)ccc21. The Morgan fingerprint density at radius 2 is 2.26 bits per heavy atom. The number of nitrogens with two attached hydrogens (primary N) is 1. The average Bonchev–Trinajstić information content (AvgIpc) is 2.36. The quantitative estimate of drug-likeness (QED) is 0.817. The molecular formula is C16H24N2O. The molecule has 1 amide bonds. The van der Waals surface area contributed by atoms with Crippen LogP contribution in [0.4, 0.5) is 5.69 Å². The van der Waals surface area contributed by atoms with Crippen LogP contribution in [0.5, 0.6) is 0 Å². The van der Waals surface area contributed by atoms with Gasteiger partial charge in [0.25, 0.3) is 0 Å². The standard InChI is InChI=1S/C16H24N2O/c1-11(2)6-9-16(19)18-15-5-3-4-12-10-13(17)7-8-14(12)15/h7-8,10-11,15H,3-6,9,17H2,1-2H3,(H,18,19). The Morgan fingerprint density at radius 1 is 1.47 bits per heavy atom. The predicted octanol–water partition coefficient (Wildman–Crippen LogP) is 3.20. The molecule has 3 nitrogen and oxygen atoms in total. The molecule has 0 fully saturated rings. The van der Waals surface area contributed by atoms with Crippen molar-refractivity contribution >= 4 is 11.6 Å². The Kier molecular flexibility index (Phi) is 4.46. The Balaban J connectivity index is 2.01. The molecule has 0 spiro atoms. The van der Waals surface area contributed by atoms with E-state index < -0.39 is 0 Å². The van der Waals surface area contributed by atoms with E-state index in [0.29, 0.717) is 12.3 Å². The van der Waals surface area contributed by atoms with E-state index in [2.05, 4.69) is 25.2 Å². The van der Waals surface area contributed by atoms with Crippen LogP contribution in [-0.2, 0) is 11.2 Å². The number of hydrogen-bond donors (Lipinski definition) is 2. The van der Waals surface area contributed by atoms with Gasteiger partial charge in [0.05, 0.1) is 6.04 Å². The number of benzene rings is 1. The monoisotopic (exact) mass is 260 g/mol. The molecule has 1 aliphatic rings. The van der Waals surface area contributed by atoms with Crippen molar-refractivity contribution in [3.05, 3.63) is 29.3 Å². The fraction of sp³-hybridized carbons (Fsp3) is 0.562. The minimum Gasteiger partial charge on any atom is -0.399 e. The van der Waals surface area contributed by atoms with Crippen LogP contribution in [0.25, 0.3) is 0 Å². The first-order valence-electron chi connectivity index (χ1n) is 7.24. The highest BCUT2D eigenvalue weighted by molar-refractivity contribution is 5.76. The molecule has 0 saturated heterocycles. The molecule has 0 bridgehead atoms. The van der Waals surface area contributed by atoms with Crippen molar-refractivity contribution in [2.75, 3.05) is 5.73 Å². The van der Waals surface area contributed by atoms with Crippen LogP contribution in [-0.4, -0.2) is 5.91 Å². The number of amides is 1. The molecule has 19 heavy (non-hydrogen) atoms. The second kappa shape index (κ2) is 6.09. The molecule has 0 radical (unpaired) electrons. The summed E-state index contributed by atoms with van der Waals surface area (Å²) in [6.45, 7) is 4.29. The van der Waals surface area contributed by atoms with Crippen molar-refractivity contribution in [3.63, 3.8) is 0 Å². The number of hydrogen-bond acceptors (Lipinski definition) is 2.